The molecular weight excluding hydrogens is 326 g/mol. The Hall–Kier alpha value is -2.61. The van der Waals surface area contributed by atoms with Crippen LogP contribution in [0.5, 0.6) is 0 Å². The number of hydrogen-bond acceptors (Lipinski definition) is 5. The van der Waals surface area contributed by atoms with Crippen LogP contribution >= 0.6 is 11.3 Å². The zero-order valence-corrected chi connectivity index (χ0v) is 12.8. The second-order valence-electron chi connectivity index (χ2n) is 4.40. The molecule has 0 spiro atoms. The van der Waals surface area contributed by atoms with Gasteiger partial charge in [0, 0.05) is 17.5 Å². The van der Waals surface area contributed by atoms with Crippen LogP contribution in [0.4, 0.5) is 14.5 Å². The zero-order valence-electron chi connectivity index (χ0n) is 12.0. The molecule has 120 valence electrons. The Kier molecular flexibility index (Phi) is 5.53. The van der Waals surface area contributed by atoms with Crippen molar-refractivity contribution in [3.8, 4) is 0 Å². The predicted molar refractivity (Wildman–Crippen MR) is 81.8 cm³/mol. The molecule has 0 saturated heterocycles. The maximum absolute atomic E-state index is 13.3. The number of anilines is 1. The highest BCUT2D eigenvalue weighted by Crippen LogP contribution is 2.15. The summed E-state index contributed by atoms with van der Waals surface area (Å²) in [6.07, 6.45) is 2.58. The average Bonchev–Trinajstić information content (AvgIpc) is 2.92. The van der Waals surface area contributed by atoms with Crippen molar-refractivity contribution in [1.82, 2.24) is 4.98 Å². The van der Waals surface area contributed by atoms with Crippen molar-refractivity contribution in [2.75, 3.05) is 11.9 Å². The van der Waals surface area contributed by atoms with Gasteiger partial charge in [0.2, 0.25) is 0 Å². The van der Waals surface area contributed by atoms with Crippen molar-refractivity contribution in [1.29, 1.82) is 0 Å². The molecule has 0 fully saturated rings. The minimum atomic E-state index is -0.787. The molecule has 0 radical (unpaired) electrons. The fraction of sp³-hybridized carbons (Fsp3) is 0.133. The molecule has 1 heterocycles. The molecule has 5 nitrogen and oxygen atoms in total. The SMILES string of the molecule is Cc1nc(/C=C/C(=O)OCC(=O)Nc2cc(F)ccc2F)cs1. The van der Waals surface area contributed by atoms with E-state index in [1.165, 1.54) is 17.4 Å². The van der Waals surface area contributed by atoms with Crippen LogP contribution in [0.1, 0.15) is 10.7 Å². The second-order valence-corrected chi connectivity index (χ2v) is 5.47. The molecule has 23 heavy (non-hydrogen) atoms. The zero-order chi connectivity index (χ0) is 16.8. The summed E-state index contributed by atoms with van der Waals surface area (Å²) in [6, 6.07) is 2.64. The van der Waals surface area contributed by atoms with Gasteiger partial charge in [-0.25, -0.2) is 18.6 Å². The molecule has 1 aromatic heterocycles. The van der Waals surface area contributed by atoms with Crippen molar-refractivity contribution in [3.63, 3.8) is 0 Å². The summed E-state index contributed by atoms with van der Waals surface area (Å²) >= 11 is 1.43. The van der Waals surface area contributed by atoms with Gasteiger partial charge in [0.05, 0.1) is 16.4 Å². The van der Waals surface area contributed by atoms with Crippen LogP contribution in [0.3, 0.4) is 0 Å². The van der Waals surface area contributed by atoms with E-state index in [0.29, 0.717) is 5.69 Å². The smallest absolute Gasteiger partial charge is 0.331 e. The number of nitrogens with zero attached hydrogens (tertiary/aromatic N) is 1. The molecule has 1 N–H and O–H groups in total. The van der Waals surface area contributed by atoms with Gasteiger partial charge in [-0.2, -0.15) is 0 Å². The third-order valence-corrected chi connectivity index (χ3v) is 3.37. The number of carbonyl (C=O) groups is 2. The van der Waals surface area contributed by atoms with Gasteiger partial charge in [0.1, 0.15) is 11.6 Å². The van der Waals surface area contributed by atoms with Gasteiger partial charge in [0.15, 0.2) is 6.61 Å². The molecule has 0 aliphatic carbocycles. The summed E-state index contributed by atoms with van der Waals surface area (Å²) < 4.78 is 31.0. The van der Waals surface area contributed by atoms with E-state index in [4.69, 9.17) is 4.74 Å². The van der Waals surface area contributed by atoms with E-state index in [2.05, 4.69) is 10.3 Å². The van der Waals surface area contributed by atoms with Gasteiger partial charge in [-0.1, -0.05) is 0 Å². The molecule has 0 atom stereocenters. The molecule has 0 aliphatic heterocycles. The van der Waals surface area contributed by atoms with Crippen LogP contribution in [0, 0.1) is 18.6 Å². The fourth-order valence-electron chi connectivity index (χ4n) is 1.57. The van der Waals surface area contributed by atoms with Crippen LogP contribution in [-0.4, -0.2) is 23.5 Å². The summed E-state index contributed by atoms with van der Waals surface area (Å²) in [6.45, 7) is 1.21. The molecule has 1 amide bonds. The Morgan fingerprint density at radius 3 is 2.87 bits per heavy atom. The number of aryl methyl sites for hydroxylation is 1. The largest absolute Gasteiger partial charge is 0.452 e. The maximum Gasteiger partial charge on any atom is 0.331 e. The van der Waals surface area contributed by atoms with Crippen LogP contribution in [-0.2, 0) is 14.3 Å². The molecule has 0 unspecified atom stereocenters. The topological polar surface area (TPSA) is 68.3 Å². The fourth-order valence-corrected chi connectivity index (χ4v) is 2.16. The van der Waals surface area contributed by atoms with E-state index in [1.807, 2.05) is 6.92 Å². The lowest BCUT2D eigenvalue weighted by molar-refractivity contribution is -0.142. The molecule has 2 aromatic rings. The highest BCUT2D eigenvalue weighted by molar-refractivity contribution is 7.09. The first-order valence-corrected chi connectivity index (χ1v) is 7.34. The lowest BCUT2D eigenvalue weighted by Crippen LogP contribution is -2.20. The summed E-state index contributed by atoms with van der Waals surface area (Å²) in [5, 5.41) is 4.74. The van der Waals surface area contributed by atoms with Crippen molar-refractivity contribution in [2.24, 2.45) is 0 Å². The molecule has 8 heteroatoms. The number of halogens is 2. The minimum Gasteiger partial charge on any atom is -0.452 e. The number of carbonyl (C=O) groups excluding carboxylic acids is 2. The first kappa shape index (κ1) is 16.8. The first-order chi connectivity index (χ1) is 10.9. The number of ether oxygens (including phenoxy) is 1. The third-order valence-electron chi connectivity index (χ3n) is 2.57. The Labute approximate surface area is 134 Å². The van der Waals surface area contributed by atoms with E-state index < -0.39 is 30.1 Å². The van der Waals surface area contributed by atoms with Crippen molar-refractivity contribution in [3.05, 3.63) is 52.0 Å². The molecule has 0 saturated carbocycles. The summed E-state index contributed by atoms with van der Waals surface area (Å²) in [4.78, 5) is 27.1. The van der Waals surface area contributed by atoms with Gasteiger partial charge in [-0.15, -0.1) is 11.3 Å². The number of hydrogen-bond donors (Lipinski definition) is 1. The summed E-state index contributed by atoms with van der Waals surface area (Å²) in [5.74, 6) is -3.00. The number of benzene rings is 1. The minimum absolute atomic E-state index is 0.320. The average molecular weight is 338 g/mol. The number of rotatable bonds is 5. The number of nitrogens with one attached hydrogen (secondary N) is 1. The predicted octanol–water partition coefficient (Wildman–Crippen LogP) is 2.92. The van der Waals surface area contributed by atoms with E-state index in [9.17, 15) is 18.4 Å². The van der Waals surface area contributed by atoms with Crippen molar-refractivity contribution >= 4 is 35.0 Å². The number of esters is 1. The molecular formula is C15H12F2N2O3S. The number of amides is 1. The van der Waals surface area contributed by atoms with Crippen LogP contribution in [0.15, 0.2) is 29.7 Å². The Morgan fingerprint density at radius 2 is 2.17 bits per heavy atom. The van der Waals surface area contributed by atoms with Crippen molar-refractivity contribution in [2.45, 2.75) is 6.92 Å². The number of aromatic nitrogens is 1. The summed E-state index contributed by atoms with van der Waals surface area (Å²) in [7, 11) is 0. The van der Waals surface area contributed by atoms with Crippen LogP contribution in [0.2, 0.25) is 0 Å². The van der Waals surface area contributed by atoms with Gasteiger partial charge in [-0.05, 0) is 25.1 Å². The Balaban J connectivity index is 1.83. The summed E-state index contributed by atoms with van der Waals surface area (Å²) in [5.41, 5.74) is 0.287. The second kappa shape index (κ2) is 7.59. The maximum atomic E-state index is 13.3. The number of thiazole rings is 1. The van der Waals surface area contributed by atoms with Crippen LogP contribution in [0.25, 0.3) is 6.08 Å². The van der Waals surface area contributed by atoms with E-state index in [-0.39, 0.29) is 5.69 Å². The normalized spacial score (nSPS) is 10.7. The molecule has 0 aliphatic rings. The Bertz CT molecular complexity index is 759. The monoisotopic (exact) mass is 338 g/mol. The van der Waals surface area contributed by atoms with Gasteiger partial charge < -0.3 is 10.1 Å². The molecule has 0 bridgehead atoms. The standard InChI is InChI=1S/C15H12F2N2O3S/c1-9-18-11(8-23-9)3-5-15(21)22-7-14(20)19-13-6-10(16)2-4-12(13)17/h2-6,8H,7H2,1H3,(H,19,20)/b5-3+. The quantitative estimate of drug-likeness (QED) is 0.672. The third kappa shape index (κ3) is 5.26. The van der Waals surface area contributed by atoms with Gasteiger partial charge >= 0.3 is 5.97 Å². The molecule has 2 rings (SSSR count). The lowest BCUT2D eigenvalue weighted by atomic mass is 10.3. The molecule has 1 aromatic carbocycles. The van der Waals surface area contributed by atoms with Crippen LogP contribution < -0.4 is 5.32 Å². The van der Waals surface area contributed by atoms with E-state index >= 15 is 0 Å². The van der Waals surface area contributed by atoms with Gasteiger partial charge in [-0.3, -0.25) is 4.79 Å². The highest BCUT2D eigenvalue weighted by Gasteiger charge is 2.10. The van der Waals surface area contributed by atoms with E-state index in [0.717, 1.165) is 29.3 Å². The lowest BCUT2D eigenvalue weighted by Gasteiger charge is -2.06. The van der Waals surface area contributed by atoms with Crippen molar-refractivity contribution < 1.29 is 23.1 Å². The highest BCUT2D eigenvalue weighted by atomic mass is 32.1. The first-order valence-electron chi connectivity index (χ1n) is 6.46. The Morgan fingerprint density at radius 1 is 1.39 bits per heavy atom. The van der Waals surface area contributed by atoms with E-state index in [1.54, 1.807) is 5.38 Å². The van der Waals surface area contributed by atoms with Gasteiger partial charge in [0.25, 0.3) is 5.91 Å².